The first-order chi connectivity index (χ1) is 8.81. The Kier molecular flexibility index (Phi) is 4.97. The van der Waals surface area contributed by atoms with Crippen LogP contribution in [0, 0.1) is 0 Å². The van der Waals surface area contributed by atoms with Crippen molar-refractivity contribution in [2.24, 2.45) is 0 Å². The molecule has 0 unspecified atom stereocenters. The minimum atomic E-state index is -4.28. The van der Waals surface area contributed by atoms with E-state index in [1.54, 1.807) is 6.92 Å². The van der Waals surface area contributed by atoms with Gasteiger partial charge in [0, 0.05) is 11.8 Å². The number of anilines is 1. The van der Waals surface area contributed by atoms with Crippen molar-refractivity contribution >= 4 is 17.7 Å². The molecule has 0 fully saturated rings. The van der Waals surface area contributed by atoms with Crippen molar-refractivity contribution in [3.05, 3.63) is 35.4 Å². The van der Waals surface area contributed by atoms with Crippen molar-refractivity contribution in [1.82, 2.24) is 0 Å². The third-order valence-corrected chi connectivity index (χ3v) is 2.24. The number of halogens is 3. The fourth-order valence-electron chi connectivity index (χ4n) is 1.46. The summed E-state index contributed by atoms with van der Waals surface area (Å²) in [6.45, 7) is 1.89. The van der Waals surface area contributed by atoms with Gasteiger partial charge in [-0.1, -0.05) is 6.07 Å². The Morgan fingerprint density at radius 1 is 1.42 bits per heavy atom. The van der Waals surface area contributed by atoms with Crippen LogP contribution in [0.1, 0.15) is 18.1 Å². The summed E-state index contributed by atoms with van der Waals surface area (Å²) < 4.78 is 41.5. The smallest absolute Gasteiger partial charge is 0.393 e. The van der Waals surface area contributed by atoms with Crippen LogP contribution in [0.2, 0.25) is 0 Å². The molecule has 1 aromatic carbocycles. The number of ether oxygens (including phenoxy) is 1. The Morgan fingerprint density at radius 2 is 2.11 bits per heavy atom. The van der Waals surface area contributed by atoms with Crippen molar-refractivity contribution in [3.63, 3.8) is 0 Å². The molecule has 1 rings (SSSR count). The number of carbonyl (C=O) groups is 1. The van der Waals surface area contributed by atoms with Gasteiger partial charge in [0.2, 0.25) is 0 Å². The van der Waals surface area contributed by atoms with Crippen molar-refractivity contribution < 1.29 is 22.7 Å². The SMILES string of the molecule is CCOC(=O)/C=C/c1cc(CC(F)(F)F)ccc1N. The maximum atomic E-state index is 12.3. The number of carbonyl (C=O) groups excluding carboxylic acids is 1. The van der Waals surface area contributed by atoms with Gasteiger partial charge in [0.25, 0.3) is 0 Å². The van der Waals surface area contributed by atoms with Gasteiger partial charge < -0.3 is 10.5 Å². The number of nitrogens with two attached hydrogens (primary N) is 1. The summed E-state index contributed by atoms with van der Waals surface area (Å²) in [5.74, 6) is -0.567. The first-order valence-electron chi connectivity index (χ1n) is 5.62. The lowest BCUT2D eigenvalue weighted by molar-refractivity contribution is -0.137. The number of esters is 1. The van der Waals surface area contributed by atoms with Gasteiger partial charge in [-0.25, -0.2) is 4.79 Å². The molecule has 0 aliphatic heterocycles. The molecule has 6 heteroatoms. The molecule has 0 aromatic heterocycles. The molecule has 0 radical (unpaired) electrons. The van der Waals surface area contributed by atoms with Gasteiger partial charge in [0.15, 0.2) is 0 Å². The Hall–Kier alpha value is -1.98. The molecule has 0 bridgehead atoms. The molecule has 1 aromatic rings. The number of nitrogen functional groups attached to an aromatic ring is 1. The van der Waals surface area contributed by atoms with E-state index in [1.165, 1.54) is 24.3 Å². The summed E-state index contributed by atoms with van der Waals surface area (Å²) in [7, 11) is 0. The van der Waals surface area contributed by atoms with Gasteiger partial charge in [-0.3, -0.25) is 0 Å². The lowest BCUT2D eigenvalue weighted by Crippen LogP contribution is -2.11. The molecule has 0 amide bonds. The van der Waals surface area contributed by atoms with Crippen LogP contribution >= 0.6 is 0 Å². The molecule has 0 aliphatic carbocycles. The molecule has 2 N–H and O–H groups in total. The largest absolute Gasteiger partial charge is 0.463 e. The summed E-state index contributed by atoms with van der Waals surface area (Å²) in [6, 6.07) is 4.00. The first-order valence-corrected chi connectivity index (χ1v) is 5.62. The second-order valence-electron chi connectivity index (χ2n) is 3.84. The first kappa shape index (κ1) is 15.1. The number of hydrogen-bond acceptors (Lipinski definition) is 3. The average molecular weight is 273 g/mol. The minimum Gasteiger partial charge on any atom is -0.463 e. The van der Waals surface area contributed by atoms with E-state index in [1.807, 2.05) is 0 Å². The highest BCUT2D eigenvalue weighted by molar-refractivity contribution is 5.88. The van der Waals surface area contributed by atoms with E-state index in [0.29, 0.717) is 11.3 Å². The molecule has 0 aliphatic rings. The Balaban J connectivity index is 2.88. The van der Waals surface area contributed by atoms with Gasteiger partial charge in [0.1, 0.15) is 0 Å². The molecule has 104 valence electrons. The van der Waals surface area contributed by atoms with Crippen LogP contribution in [0.4, 0.5) is 18.9 Å². The molecule has 3 nitrogen and oxygen atoms in total. The number of rotatable bonds is 4. The standard InChI is InChI=1S/C13H14F3NO2/c1-2-19-12(18)6-4-10-7-9(3-5-11(10)17)8-13(14,15)16/h3-7H,2,8,17H2,1H3/b6-4+. The van der Waals surface area contributed by atoms with Gasteiger partial charge in [0.05, 0.1) is 13.0 Å². The van der Waals surface area contributed by atoms with E-state index >= 15 is 0 Å². The molecule has 0 heterocycles. The van der Waals surface area contributed by atoms with Gasteiger partial charge in [-0.2, -0.15) is 13.2 Å². The third kappa shape index (κ3) is 5.46. The van der Waals surface area contributed by atoms with E-state index in [2.05, 4.69) is 4.74 Å². The van der Waals surface area contributed by atoms with E-state index in [-0.39, 0.29) is 12.2 Å². The summed E-state index contributed by atoms with van der Waals surface area (Å²) in [6.07, 6.45) is -2.84. The monoisotopic (exact) mass is 273 g/mol. The van der Waals surface area contributed by atoms with Gasteiger partial charge in [-0.05, 0) is 36.3 Å². The average Bonchev–Trinajstić information content (AvgIpc) is 2.28. The lowest BCUT2D eigenvalue weighted by atomic mass is 10.1. The fourth-order valence-corrected chi connectivity index (χ4v) is 1.46. The van der Waals surface area contributed by atoms with Crippen molar-refractivity contribution in [2.75, 3.05) is 12.3 Å². The quantitative estimate of drug-likeness (QED) is 0.521. The van der Waals surface area contributed by atoms with E-state index in [4.69, 9.17) is 5.73 Å². The Bertz CT molecular complexity index is 481. The third-order valence-electron chi connectivity index (χ3n) is 2.24. The highest BCUT2D eigenvalue weighted by Crippen LogP contribution is 2.24. The van der Waals surface area contributed by atoms with Crippen LogP contribution in [0.5, 0.6) is 0 Å². The summed E-state index contributed by atoms with van der Waals surface area (Å²) >= 11 is 0. The highest BCUT2D eigenvalue weighted by Gasteiger charge is 2.27. The zero-order chi connectivity index (χ0) is 14.5. The zero-order valence-electron chi connectivity index (χ0n) is 10.3. The fraction of sp³-hybridized carbons (Fsp3) is 0.308. The molecule has 0 saturated carbocycles. The molecular weight excluding hydrogens is 259 g/mol. The van der Waals surface area contributed by atoms with Crippen molar-refractivity contribution in [1.29, 1.82) is 0 Å². The predicted molar refractivity (Wildman–Crippen MR) is 66.3 cm³/mol. The van der Waals surface area contributed by atoms with Crippen LogP contribution in [0.25, 0.3) is 6.08 Å². The number of hydrogen-bond donors (Lipinski definition) is 1. The van der Waals surface area contributed by atoms with E-state index < -0.39 is 18.6 Å². The summed E-state index contributed by atoms with van der Waals surface area (Å²) in [5, 5.41) is 0. The van der Waals surface area contributed by atoms with Crippen LogP contribution in [0.15, 0.2) is 24.3 Å². The normalized spacial score (nSPS) is 11.8. The maximum absolute atomic E-state index is 12.3. The zero-order valence-corrected chi connectivity index (χ0v) is 10.3. The van der Waals surface area contributed by atoms with Crippen LogP contribution in [0.3, 0.4) is 0 Å². The van der Waals surface area contributed by atoms with Gasteiger partial charge >= 0.3 is 12.1 Å². The molecule has 19 heavy (non-hydrogen) atoms. The number of alkyl halides is 3. The molecule has 0 spiro atoms. The van der Waals surface area contributed by atoms with E-state index in [9.17, 15) is 18.0 Å². The Labute approximate surface area is 108 Å². The summed E-state index contributed by atoms with van der Waals surface area (Å²) in [4.78, 5) is 11.1. The van der Waals surface area contributed by atoms with Crippen molar-refractivity contribution in [3.8, 4) is 0 Å². The lowest BCUT2D eigenvalue weighted by Gasteiger charge is -2.08. The van der Waals surface area contributed by atoms with Crippen LogP contribution in [-0.4, -0.2) is 18.8 Å². The predicted octanol–water partition coefficient (Wildman–Crippen LogP) is 2.95. The maximum Gasteiger partial charge on any atom is 0.393 e. The van der Waals surface area contributed by atoms with Gasteiger partial charge in [-0.15, -0.1) is 0 Å². The van der Waals surface area contributed by atoms with E-state index in [0.717, 1.165) is 6.08 Å². The second kappa shape index (κ2) is 6.26. The molecular formula is C13H14F3NO2. The van der Waals surface area contributed by atoms with Crippen LogP contribution in [-0.2, 0) is 16.0 Å². The molecule has 0 saturated heterocycles. The van der Waals surface area contributed by atoms with Crippen LogP contribution < -0.4 is 5.73 Å². The molecule has 0 atom stereocenters. The Morgan fingerprint density at radius 3 is 2.68 bits per heavy atom. The topological polar surface area (TPSA) is 52.3 Å². The number of benzene rings is 1. The second-order valence-corrected chi connectivity index (χ2v) is 3.84. The minimum absolute atomic E-state index is 0.0882. The van der Waals surface area contributed by atoms with Crippen molar-refractivity contribution in [2.45, 2.75) is 19.5 Å². The highest BCUT2D eigenvalue weighted by atomic mass is 19.4. The summed E-state index contributed by atoms with van der Waals surface area (Å²) in [5.41, 5.74) is 6.37.